The van der Waals surface area contributed by atoms with Crippen LogP contribution in [0.1, 0.15) is 29.9 Å². The van der Waals surface area contributed by atoms with E-state index in [1.165, 1.54) is 0 Å². The van der Waals surface area contributed by atoms with E-state index in [4.69, 9.17) is 15.2 Å². The zero-order valence-electron chi connectivity index (χ0n) is 14.8. The minimum Gasteiger partial charge on any atom is -0.451 e. The van der Waals surface area contributed by atoms with Crippen LogP contribution in [0, 0.1) is 0 Å². The van der Waals surface area contributed by atoms with E-state index < -0.39 is 36.1 Å². The molecule has 10 nitrogen and oxygen atoms in total. The topological polar surface area (TPSA) is 138 Å². The van der Waals surface area contributed by atoms with Crippen molar-refractivity contribution in [2.45, 2.75) is 38.0 Å². The standard InChI is InChI=1S/C17H17FN6O4/c1-2-9-10(18)12(28-16(26)8-6-4-3-5-7-8)15(27-9)24-13-11(22-23-24)14(25)21-17(19)20-13/h3-7,9-10,12,15H,2H2,1H3,(H3,19,20,21,25)/t9-,10-,12-,15-/m1/s1. The van der Waals surface area contributed by atoms with Gasteiger partial charge in [0.15, 0.2) is 29.7 Å². The highest BCUT2D eigenvalue weighted by atomic mass is 19.1. The number of anilines is 1. The van der Waals surface area contributed by atoms with Crippen molar-refractivity contribution in [2.75, 3.05) is 5.73 Å². The van der Waals surface area contributed by atoms with Crippen molar-refractivity contribution in [3.8, 4) is 0 Å². The van der Waals surface area contributed by atoms with E-state index in [0.29, 0.717) is 6.42 Å². The first-order valence-electron chi connectivity index (χ1n) is 8.66. The van der Waals surface area contributed by atoms with Crippen molar-refractivity contribution >= 4 is 23.1 Å². The molecule has 1 fully saturated rings. The van der Waals surface area contributed by atoms with Gasteiger partial charge in [0.05, 0.1) is 11.7 Å². The highest BCUT2D eigenvalue weighted by Crippen LogP contribution is 2.36. The molecule has 28 heavy (non-hydrogen) atoms. The molecule has 1 saturated heterocycles. The Hall–Kier alpha value is -3.34. The number of aromatic nitrogens is 5. The van der Waals surface area contributed by atoms with Crippen molar-refractivity contribution in [3.05, 3.63) is 46.2 Å². The van der Waals surface area contributed by atoms with Gasteiger partial charge in [0.25, 0.3) is 5.56 Å². The molecule has 146 valence electrons. The zero-order chi connectivity index (χ0) is 19.8. The van der Waals surface area contributed by atoms with Crippen molar-refractivity contribution in [3.63, 3.8) is 0 Å². The molecular weight excluding hydrogens is 371 g/mol. The van der Waals surface area contributed by atoms with E-state index in [0.717, 1.165) is 4.68 Å². The molecule has 0 saturated carbocycles. The van der Waals surface area contributed by atoms with Gasteiger partial charge in [-0.15, -0.1) is 5.10 Å². The van der Waals surface area contributed by atoms with Gasteiger partial charge in [0.1, 0.15) is 0 Å². The molecule has 0 bridgehead atoms. The number of nitrogens with one attached hydrogen (secondary N) is 1. The monoisotopic (exact) mass is 388 g/mol. The number of ether oxygens (including phenoxy) is 2. The summed E-state index contributed by atoms with van der Waals surface area (Å²) >= 11 is 0. The fourth-order valence-corrected chi connectivity index (χ4v) is 3.14. The van der Waals surface area contributed by atoms with Gasteiger partial charge in [-0.2, -0.15) is 9.67 Å². The minimum atomic E-state index is -1.60. The van der Waals surface area contributed by atoms with Gasteiger partial charge in [0, 0.05) is 0 Å². The maximum Gasteiger partial charge on any atom is 0.338 e. The number of halogens is 1. The molecule has 1 aliphatic rings. The number of aromatic amines is 1. The number of nitrogens with zero attached hydrogens (tertiary/aromatic N) is 4. The van der Waals surface area contributed by atoms with Crippen LogP contribution in [0.5, 0.6) is 0 Å². The van der Waals surface area contributed by atoms with Crippen LogP contribution < -0.4 is 11.3 Å². The van der Waals surface area contributed by atoms with Gasteiger partial charge in [-0.3, -0.25) is 9.78 Å². The fourth-order valence-electron chi connectivity index (χ4n) is 3.14. The molecule has 0 unspecified atom stereocenters. The van der Waals surface area contributed by atoms with Gasteiger partial charge in [-0.05, 0) is 18.6 Å². The zero-order valence-corrected chi connectivity index (χ0v) is 14.8. The number of hydrogen-bond donors (Lipinski definition) is 2. The Kier molecular flexibility index (Phi) is 4.51. The summed E-state index contributed by atoms with van der Waals surface area (Å²) in [5.41, 5.74) is 5.20. The lowest BCUT2D eigenvalue weighted by molar-refractivity contribution is -0.0537. The Morgan fingerprint density at radius 1 is 1.39 bits per heavy atom. The summed E-state index contributed by atoms with van der Waals surface area (Å²) < 4.78 is 27.2. The molecule has 3 aromatic rings. The maximum atomic E-state index is 15.0. The number of H-pyrrole nitrogens is 1. The largest absolute Gasteiger partial charge is 0.451 e. The van der Waals surface area contributed by atoms with Crippen LogP contribution in [0.15, 0.2) is 35.1 Å². The van der Waals surface area contributed by atoms with Crippen LogP contribution >= 0.6 is 0 Å². The Balaban J connectivity index is 1.72. The number of alkyl halides is 1. The summed E-state index contributed by atoms with van der Waals surface area (Å²) in [6, 6.07) is 8.21. The molecule has 4 atom stereocenters. The first kappa shape index (κ1) is 18.0. The molecule has 0 aliphatic carbocycles. The number of esters is 1. The van der Waals surface area contributed by atoms with Crippen LogP contribution in [-0.2, 0) is 9.47 Å². The quantitative estimate of drug-likeness (QED) is 0.631. The fraction of sp³-hybridized carbons (Fsp3) is 0.353. The van der Waals surface area contributed by atoms with Crippen molar-refractivity contribution in [1.29, 1.82) is 0 Å². The lowest BCUT2D eigenvalue weighted by Gasteiger charge is -2.20. The molecule has 0 spiro atoms. The van der Waals surface area contributed by atoms with Gasteiger partial charge < -0.3 is 15.2 Å². The van der Waals surface area contributed by atoms with Gasteiger partial charge in [-0.25, -0.2) is 9.18 Å². The first-order chi connectivity index (χ1) is 13.5. The van der Waals surface area contributed by atoms with E-state index in [9.17, 15) is 14.0 Å². The Bertz CT molecular complexity index is 1070. The molecule has 11 heteroatoms. The second-order valence-electron chi connectivity index (χ2n) is 6.31. The summed E-state index contributed by atoms with van der Waals surface area (Å²) in [6.07, 6.45) is -4.52. The number of nitrogen functional groups attached to an aromatic ring is 1. The number of carbonyl (C=O) groups excluding carboxylic acids is 1. The predicted octanol–water partition coefficient (Wildman–Crippen LogP) is 0.968. The number of fused-ring (bicyclic) bond motifs is 1. The van der Waals surface area contributed by atoms with E-state index in [1.807, 2.05) is 0 Å². The molecule has 0 amide bonds. The number of rotatable bonds is 4. The lowest BCUT2D eigenvalue weighted by atomic mass is 10.1. The summed E-state index contributed by atoms with van der Waals surface area (Å²) in [7, 11) is 0. The predicted molar refractivity (Wildman–Crippen MR) is 95.1 cm³/mol. The van der Waals surface area contributed by atoms with Crippen molar-refractivity contribution < 1.29 is 18.7 Å². The highest BCUT2D eigenvalue weighted by Gasteiger charge is 2.49. The molecule has 4 rings (SSSR count). The average molecular weight is 388 g/mol. The Morgan fingerprint density at radius 2 is 2.14 bits per heavy atom. The third-order valence-electron chi connectivity index (χ3n) is 4.51. The van der Waals surface area contributed by atoms with Crippen molar-refractivity contribution in [2.24, 2.45) is 0 Å². The van der Waals surface area contributed by atoms with Gasteiger partial charge >= 0.3 is 5.97 Å². The lowest BCUT2D eigenvalue weighted by Crippen LogP contribution is -2.33. The van der Waals surface area contributed by atoms with Gasteiger partial charge in [0.2, 0.25) is 5.95 Å². The van der Waals surface area contributed by atoms with E-state index in [-0.39, 0.29) is 22.7 Å². The third kappa shape index (κ3) is 2.99. The molecule has 1 aliphatic heterocycles. The highest BCUT2D eigenvalue weighted by molar-refractivity contribution is 5.89. The summed E-state index contributed by atoms with van der Waals surface area (Å²) in [4.78, 5) is 30.7. The Labute approximate surface area is 157 Å². The maximum absolute atomic E-state index is 15.0. The molecule has 1 aromatic carbocycles. The SMILES string of the molecule is CC[C@H]1O[C@@H](n2nnc3c(=O)[nH]c(N)nc32)[C@H](OC(=O)c2ccccc2)[C@@H]1F. The smallest absolute Gasteiger partial charge is 0.338 e. The van der Waals surface area contributed by atoms with Crippen LogP contribution in [0.3, 0.4) is 0 Å². The summed E-state index contributed by atoms with van der Waals surface area (Å²) in [6.45, 7) is 1.75. The van der Waals surface area contributed by atoms with Crippen LogP contribution in [0.2, 0.25) is 0 Å². The van der Waals surface area contributed by atoms with E-state index in [2.05, 4.69) is 20.3 Å². The van der Waals surface area contributed by atoms with Crippen molar-refractivity contribution in [1.82, 2.24) is 25.0 Å². The van der Waals surface area contributed by atoms with Crippen LogP contribution in [-0.4, -0.2) is 49.3 Å². The number of hydrogen-bond acceptors (Lipinski definition) is 8. The molecular formula is C17H17FN6O4. The van der Waals surface area contributed by atoms with Gasteiger partial charge in [-0.1, -0.05) is 30.3 Å². The molecule has 3 N–H and O–H groups in total. The number of nitrogens with two attached hydrogens (primary N) is 1. The minimum absolute atomic E-state index is 0.0102. The second-order valence-corrected chi connectivity index (χ2v) is 6.31. The summed E-state index contributed by atoms with van der Waals surface area (Å²) in [5.74, 6) is -0.853. The molecule has 2 aromatic heterocycles. The number of carbonyl (C=O) groups is 1. The summed E-state index contributed by atoms with van der Waals surface area (Å²) in [5, 5.41) is 7.62. The van der Waals surface area contributed by atoms with E-state index >= 15 is 0 Å². The van der Waals surface area contributed by atoms with E-state index in [1.54, 1.807) is 37.3 Å². The van der Waals surface area contributed by atoms with Crippen LogP contribution in [0.4, 0.5) is 10.3 Å². The normalized spacial score (nSPS) is 24.5. The second kappa shape index (κ2) is 7.00. The molecule has 0 radical (unpaired) electrons. The number of benzene rings is 1. The first-order valence-corrected chi connectivity index (χ1v) is 8.66. The average Bonchev–Trinajstić information content (AvgIpc) is 3.24. The molecule has 3 heterocycles. The Morgan fingerprint density at radius 3 is 2.86 bits per heavy atom. The third-order valence-corrected chi connectivity index (χ3v) is 4.51. The van der Waals surface area contributed by atoms with Crippen LogP contribution in [0.25, 0.3) is 11.2 Å².